The van der Waals surface area contributed by atoms with Crippen molar-refractivity contribution in [3.63, 3.8) is 0 Å². The highest BCUT2D eigenvalue weighted by molar-refractivity contribution is 9.10. The molecule has 1 aromatic carbocycles. The third-order valence-electron chi connectivity index (χ3n) is 2.57. The lowest BCUT2D eigenvalue weighted by Crippen LogP contribution is -2.01. The molecular formula is C13H11BrN4. The Morgan fingerprint density at radius 3 is 2.89 bits per heavy atom. The van der Waals surface area contributed by atoms with Gasteiger partial charge in [-0.1, -0.05) is 22.0 Å². The molecule has 90 valence electrons. The number of halogens is 1. The predicted octanol–water partition coefficient (Wildman–Crippen LogP) is 3.35. The first kappa shape index (κ1) is 12.4. The van der Waals surface area contributed by atoms with Crippen LogP contribution in [0.25, 0.3) is 0 Å². The van der Waals surface area contributed by atoms with Gasteiger partial charge in [-0.25, -0.2) is 4.98 Å². The molecule has 0 aliphatic carbocycles. The molecule has 0 aliphatic rings. The Morgan fingerprint density at radius 1 is 1.44 bits per heavy atom. The van der Waals surface area contributed by atoms with Crippen LogP contribution in [0.2, 0.25) is 0 Å². The highest BCUT2D eigenvalue weighted by Crippen LogP contribution is 2.27. The first-order valence-electron chi connectivity index (χ1n) is 5.29. The fourth-order valence-electron chi connectivity index (χ4n) is 1.52. The van der Waals surface area contributed by atoms with Crippen molar-refractivity contribution in [2.45, 2.75) is 6.92 Å². The third-order valence-corrected chi connectivity index (χ3v) is 3.43. The summed E-state index contributed by atoms with van der Waals surface area (Å²) >= 11 is 3.47. The average molecular weight is 303 g/mol. The van der Waals surface area contributed by atoms with E-state index >= 15 is 0 Å². The Labute approximate surface area is 114 Å². The van der Waals surface area contributed by atoms with Crippen molar-refractivity contribution in [2.24, 2.45) is 0 Å². The average Bonchev–Trinajstić information content (AvgIpc) is 2.37. The summed E-state index contributed by atoms with van der Waals surface area (Å²) < 4.78 is 1.01. The van der Waals surface area contributed by atoms with Crippen LogP contribution in [0.1, 0.15) is 11.1 Å². The number of nitrogens with two attached hydrogens (primary N) is 1. The van der Waals surface area contributed by atoms with Crippen LogP contribution in [-0.4, -0.2) is 4.98 Å². The number of nitrogens with one attached hydrogen (secondary N) is 1. The molecule has 0 aliphatic heterocycles. The zero-order valence-electron chi connectivity index (χ0n) is 9.74. The van der Waals surface area contributed by atoms with Gasteiger partial charge in [0.2, 0.25) is 0 Å². The van der Waals surface area contributed by atoms with Crippen LogP contribution >= 0.6 is 15.9 Å². The van der Waals surface area contributed by atoms with E-state index in [4.69, 9.17) is 11.0 Å². The fourth-order valence-corrected chi connectivity index (χ4v) is 1.88. The summed E-state index contributed by atoms with van der Waals surface area (Å²) in [4.78, 5) is 4.14. The Bertz CT molecular complexity index is 631. The molecular weight excluding hydrogens is 292 g/mol. The van der Waals surface area contributed by atoms with Gasteiger partial charge in [-0.2, -0.15) is 5.26 Å². The number of hydrogen-bond donors (Lipinski definition) is 2. The number of aromatic nitrogens is 1. The van der Waals surface area contributed by atoms with Crippen molar-refractivity contribution in [1.29, 1.82) is 5.26 Å². The molecule has 0 bridgehead atoms. The van der Waals surface area contributed by atoms with Gasteiger partial charge in [-0.3, -0.25) is 0 Å². The molecule has 18 heavy (non-hydrogen) atoms. The van der Waals surface area contributed by atoms with Crippen molar-refractivity contribution < 1.29 is 0 Å². The molecule has 1 aromatic heterocycles. The highest BCUT2D eigenvalue weighted by atomic mass is 79.9. The number of anilines is 3. The summed E-state index contributed by atoms with van der Waals surface area (Å²) in [6.45, 7) is 1.99. The number of rotatable bonds is 2. The molecule has 2 aromatic rings. The largest absolute Gasteiger partial charge is 0.396 e. The van der Waals surface area contributed by atoms with E-state index in [0.717, 1.165) is 15.7 Å². The second-order valence-corrected chi connectivity index (χ2v) is 4.67. The van der Waals surface area contributed by atoms with Crippen molar-refractivity contribution >= 4 is 33.1 Å². The first-order chi connectivity index (χ1) is 8.61. The summed E-state index contributed by atoms with van der Waals surface area (Å²) in [5.74, 6) is 0.551. The van der Waals surface area contributed by atoms with Crippen LogP contribution in [0.3, 0.4) is 0 Å². The molecule has 5 heteroatoms. The van der Waals surface area contributed by atoms with Gasteiger partial charge in [0.25, 0.3) is 0 Å². The third kappa shape index (κ3) is 2.44. The lowest BCUT2D eigenvalue weighted by Gasteiger charge is -2.11. The van der Waals surface area contributed by atoms with E-state index in [2.05, 4.69) is 26.2 Å². The summed E-state index contributed by atoms with van der Waals surface area (Å²) in [6, 6.07) is 9.44. The number of nitrogen functional groups attached to an aromatic ring is 1. The quantitative estimate of drug-likeness (QED) is 0.892. The van der Waals surface area contributed by atoms with Crippen molar-refractivity contribution in [3.05, 3.63) is 46.1 Å². The molecule has 0 saturated heterocycles. The summed E-state index contributed by atoms with van der Waals surface area (Å²) in [6.07, 6.45) is 1.49. The molecule has 1 heterocycles. The Hall–Kier alpha value is -2.06. The number of nitriles is 1. The van der Waals surface area contributed by atoms with E-state index in [9.17, 15) is 0 Å². The Morgan fingerprint density at radius 2 is 2.22 bits per heavy atom. The summed E-state index contributed by atoms with van der Waals surface area (Å²) in [7, 11) is 0. The molecule has 0 saturated carbocycles. The van der Waals surface area contributed by atoms with Crippen molar-refractivity contribution in [1.82, 2.24) is 4.98 Å². The molecule has 0 spiro atoms. The van der Waals surface area contributed by atoms with Crippen molar-refractivity contribution in [3.8, 4) is 6.07 Å². The van der Waals surface area contributed by atoms with Gasteiger partial charge in [0, 0.05) is 16.4 Å². The maximum Gasteiger partial charge on any atom is 0.153 e. The molecule has 0 fully saturated rings. The molecule has 2 rings (SSSR count). The molecule has 0 unspecified atom stereocenters. The van der Waals surface area contributed by atoms with E-state index in [1.54, 1.807) is 6.07 Å². The van der Waals surface area contributed by atoms with Gasteiger partial charge in [0.05, 0.1) is 11.3 Å². The lowest BCUT2D eigenvalue weighted by molar-refractivity contribution is 1.28. The van der Waals surface area contributed by atoms with Gasteiger partial charge in [0.15, 0.2) is 5.82 Å². The SMILES string of the molecule is Cc1c(Br)cccc1Nc1ncc(C#N)cc1N. The first-order valence-corrected chi connectivity index (χ1v) is 6.09. The number of nitrogens with zero attached hydrogens (tertiary/aromatic N) is 2. The molecule has 0 radical (unpaired) electrons. The maximum absolute atomic E-state index is 8.75. The van der Waals surface area contributed by atoms with Gasteiger partial charge >= 0.3 is 0 Å². The standard InChI is InChI=1S/C13H11BrN4/c1-8-10(14)3-2-4-12(8)18-13-11(16)5-9(6-15)7-17-13/h2-5,7H,16H2,1H3,(H,17,18). The molecule has 0 atom stereocenters. The van der Waals surface area contributed by atoms with Gasteiger partial charge < -0.3 is 11.1 Å². The Balaban J connectivity index is 2.35. The van der Waals surface area contributed by atoms with Gasteiger partial charge in [0.1, 0.15) is 6.07 Å². The second-order valence-electron chi connectivity index (χ2n) is 3.81. The number of pyridine rings is 1. The molecule has 0 amide bonds. The minimum Gasteiger partial charge on any atom is -0.396 e. The van der Waals surface area contributed by atoms with Gasteiger partial charge in [-0.05, 0) is 30.7 Å². The van der Waals surface area contributed by atoms with E-state index < -0.39 is 0 Å². The lowest BCUT2D eigenvalue weighted by atomic mass is 10.2. The van der Waals surface area contributed by atoms with Crippen LogP contribution < -0.4 is 11.1 Å². The van der Waals surface area contributed by atoms with Gasteiger partial charge in [-0.15, -0.1) is 0 Å². The molecule has 3 N–H and O–H groups in total. The van der Waals surface area contributed by atoms with Crippen LogP contribution in [0.4, 0.5) is 17.2 Å². The van der Waals surface area contributed by atoms with Crippen molar-refractivity contribution in [2.75, 3.05) is 11.1 Å². The Kier molecular flexibility index (Phi) is 3.49. The van der Waals surface area contributed by atoms with Crippen LogP contribution in [0, 0.1) is 18.3 Å². The predicted molar refractivity (Wildman–Crippen MR) is 75.5 cm³/mol. The highest BCUT2D eigenvalue weighted by Gasteiger charge is 2.06. The second kappa shape index (κ2) is 5.07. The maximum atomic E-state index is 8.75. The zero-order chi connectivity index (χ0) is 13.1. The minimum atomic E-state index is 0.448. The monoisotopic (exact) mass is 302 g/mol. The van der Waals surface area contributed by atoms with E-state index in [0.29, 0.717) is 17.1 Å². The minimum absolute atomic E-state index is 0.448. The van der Waals surface area contributed by atoms with Crippen LogP contribution in [0.15, 0.2) is 34.9 Å². The topological polar surface area (TPSA) is 74.7 Å². The normalized spacial score (nSPS) is 9.83. The van der Waals surface area contributed by atoms with E-state index in [1.807, 2.05) is 31.2 Å². The zero-order valence-corrected chi connectivity index (χ0v) is 11.3. The molecule has 4 nitrogen and oxygen atoms in total. The number of hydrogen-bond acceptors (Lipinski definition) is 4. The summed E-state index contributed by atoms with van der Waals surface area (Å²) in [5.41, 5.74) is 8.74. The number of benzene rings is 1. The smallest absolute Gasteiger partial charge is 0.153 e. The van der Waals surface area contributed by atoms with Crippen LogP contribution in [0.5, 0.6) is 0 Å². The van der Waals surface area contributed by atoms with E-state index in [-0.39, 0.29) is 0 Å². The summed E-state index contributed by atoms with van der Waals surface area (Å²) in [5, 5.41) is 11.9. The van der Waals surface area contributed by atoms with E-state index in [1.165, 1.54) is 6.20 Å². The fraction of sp³-hybridized carbons (Fsp3) is 0.0769. The van der Waals surface area contributed by atoms with Crippen LogP contribution in [-0.2, 0) is 0 Å².